The van der Waals surface area contributed by atoms with Crippen LogP contribution in [0.1, 0.15) is 5.56 Å². The van der Waals surface area contributed by atoms with Crippen LogP contribution in [0, 0.1) is 10.1 Å². The summed E-state index contributed by atoms with van der Waals surface area (Å²) in [6.07, 6.45) is 0. The quantitative estimate of drug-likeness (QED) is 0.508. The monoisotopic (exact) mass is 323 g/mol. The molecule has 0 saturated heterocycles. The molecule has 0 spiro atoms. The number of rotatable bonds is 4. The van der Waals surface area contributed by atoms with Crippen molar-refractivity contribution in [3.05, 3.63) is 50.6 Å². The van der Waals surface area contributed by atoms with Gasteiger partial charge >= 0.3 is 0 Å². The Morgan fingerprint density at radius 2 is 2.11 bits per heavy atom. The topological polar surface area (TPSA) is 107 Å². The Kier molecular flexibility index (Phi) is 3.91. The van der Waals surface area contributed by atoms with Crippen LogP contribution in [0.25, 0.3) is 0 Å². The fourth-order valence-electron chi connectivity index (χ4n) is 1.53. The van der Waals surface area contributed by atoms with E-state index < -0.39 is 4.92 Å². The molecule has 0 fully saturated rings. The minimum Gasteiger partial charge on any atom is -0.383 e. The molecule has 3 N–H and O–H groups in total. The number of halogens is 1. The Bertz CT molecular complexity index is 600. The Labute approximate surface area is 117 Å². The molecule has 1 aromatic heterocycles. The van der Waals surface area contributed by atoms with Gasteiger partial charge < -0.3 is 11.1 Å². The van der Waals surface area contributed by atoms with Gasteiger partial charge in [0.15, 0.2) is 0 Å². The van der Waals surface area contributed by atoms with Crippen LogP contribution in [0.5, 0.6) is 0 Å². The summed E-state index contributed by atoms with van der Waals surface area (Å²) < 4.78 is 0.546. The summed E-state index contributed by atoms with van der Waals surface area (Å²) in [5.41, 5.74) is 6.18. The van der Waals surface area contributed by atoms with Crippen molar-refractivity contribution in [2.45, 2.75) is 6.54 Å². The molecule has 1 aromatic carbocycles. The van der Waals surface area contributed by atoms with Crippen LogP contribution in [-0.4, -0.2) is 14.9 Å². The first-order valence-corrected chi connectivity index (χ1v) is 6.12. The molecule has 0 aliphatic carbocycles. The summed E-state index contributed by atoms with van der Waals surface area (Å²) in [6.45, 7) is 0.243. The zero-order valence-corrected chi connectivity index (χ0v) is 11.3. The van der Waals surface area contributed by atoms with Gasteiger partial charge in [0.05, 0.1) is 4.92 Å². The van der Waals surface area contributed by atoms with Gasteiger partial charge in [-0.25, -0.2) is 4.98 Å². The standard InChI is InChI=1S/C11H10BrN5O2/c12-9-5-10(13)16-11(15-9)14-6-7-3-1-2-4-8(7)17(18)19/h1-5H,6H2,(H3,13,14,15,16). The number of nitro groups is 1. The molecule has 0 saturated carbocycles. The van der Waals surface area contributed by atoms with Gasteiger partial charge in [-0.2, -0.15) is 4.98 Å². The van der Waals surface area contributed by atoms with Gasteiger partial charge in [-0.05, 0) is 15.9 Å². The van der Waals surface area contributed by atoms with Crippen LogP contribution >= 0.6 is 15.9 Å². The molecule has 0 radical (unpaired) electrons. The Hall–Kier alpha value is -2.22. The van der Waals surface area contributed by atoms with Gasteiger partial charge in [0, 0.05) is 24.2 Å². The van der Waals surface area contributed by atoms with Crippen LogP contribution in [0.2, 0.25) is 0 Å². The van der Waals surface area contributed by atoms with Crippen molar-refractivity contribution in [2.24, 2.45) is 0 Å². The summed E-state index contributed by atoms with van der Waals surface area (Å²) in [4.78, 5) is 18.5. The molecule has 2 aromatic rings. The average molecular weight is 324 g/mol. The maximum Gasteiger partial charge on any atom is 0.274 e. The molecule has 0 aliphatic rings. The number of para-hydroxylation sites is 1. The molecule has 0 amide bonds. The summed E-state index contributed by atoms with van der Waals surface area (Å²) in [5.74, 6) is 0.622. The number of nitrogens with two attached hydrogens (primary N) is 1. The lowest BCUT2D eigenvalue weighted by molar-refractivity contribution is -0.385. The first-order chi connectivity index (χ1) is 9.06. The maximum atomic E-state index is 10.9. The van der Waals surface area contributed by atoms with E-state index >= 15 is 0 Å². The highest BCUT2D eigenvalue weighted by atomic mass is 79.9. The van der Waals surface area contributed by atoms with Crippen molar-refractivity contribution in [1.29, 1.82) is 0 Å². The predicted octanol–water partition coefficient (Wildman–Crippen LogP) is 2.34. The second kappa shape index (κ2) is 5.61. The Balaban J connectivity index is 2.16. The number of anilines is 2. The highest BCUT2D eigenvalue weighted by molar-refractivity contribution is 9.10. The fraction of sp³-hybridized carbons (Fsp3) is 0.0909. The second-order valence-electron chi connectivity index (χ2n) is 3.68. The zero-order valence-electron chi connectivity index (χ0n) is 9.71. The largest absolute Gasteiger partial charge is 0.383 e. The van der Waals surface area contributed by atoms with Crippen LogP contribution in [0.15, 0.2) is 34.9 Å². The van der Waals surface area contributed by atoms with E-state index in [9.17, 15) is 10.1 Å². The van der Waals surface area contributed by atoms with E-state index in [1.807, 2.05) is 0 Å². The molecule has 0 bridgehead atoms. The third kappa shape index (κ3) is 3.38. The zero-order chi connectivity index (χ0) is 13.8. The number of benzene rings is 1. The highest BCUT2D eigenvalue weighted by Gasteiger charge is 2.12. The van der Waals surface area contributed by atoms with E-state index in [0.29, 0.717) is 21.9 Å². The average Bonchev–Trinajstić information content (AvgIpc) is 2.35. The number of hydrogen-bond donors (Lipinski definition) is 2. The lowest BCUT2D eigenvalue weighted by atomic mass is 10.2. The van der Waals surface area contributed by atoms with E-state index in [1.54, 1.807) is 24.3 Å². The minimum atomic E-state index is -0.423. The van der Waals surface area contributed by atoms with Crippen molar-refractivity contribution in [3.8, 4) is 0 Å². The lowest BCUT2D eigenvalue weighted by Gasteiger charge is -2.06. The smallest absolute Gasteiger partial charge is 0.274 e. The van der Waals surface area contributed by atoms with Gasteiger partial charge in [0.1, 0.15) is 10.4 Å². The molecule has 0 aliphatic heterocycles. The molecular weight excluding hydrogens is 314 g/mol. The first kappa shape index (κ1) is 13.2. The third-order valence-electron chi connectivity index (χ3n) is 2.34. The van der Waals surface area contributed by atoms with Crippen LogP contribution in [0.4, 0.5) is 17.5 Å². The van der Waals surface area contributed by atoms with E-state index in [0.717, 1.165) is 0 Å². The van der Waals surface area contributed by atoms with Crippen molar-refractivity contribution in [1.82, 2.24) is 9.97 Å². The van der Waals surface area contributed by atoms with Crippen molar-refractivity contribution in [3.63, 3.8) is 0 Å². The molecule has 19 heavy (non-hydrogen) atoms. The van der Waals surface area contributed by atoms with Gasteiger partial charge in [-0.15, -0.1) is 0 Å². The van der Waals surface area contributed by atoms with Crippen molar-refractivity contribution in [2.75, 3.05) is 11.1 Å². The number of nitrogens with one attached hydrogen (secondary N) is 1. The minimum absolute atomic E-state index is 0.0537. The highest BCUT2D eigenvalue weighted by Crippen LogP contribution is 2.19. The molecule has 98 valence electrons. The lowest BCUT2D eigenvalue weighted by Crippen LogP contribution is -2.07. The van der Waals surface area contributed by atoms with Gasteiger partial charge in [-0.1, -0.05) is 18.2 Å². The first-order valence-electron chi connectivity index (χ1n) is 5.32. The Morgan fingerprint density at radius 1 is 1.37 bits per heavy atom. The summed E-state index contributed by atoms with van der Waals surface area (Å²) >= 11 is 3.20. The van der Waals surface area contributed by atoms with E-state index in [2.05, 4.69) is 31.2 Å². The summed E-state index contributed by atoms with van der Waals surface area (Å²) in [5, 5.41) is 13.8. The van der Waals surface area contributed by atoms with Crippen LogP contribution < -0.4 is 11.1 Å². The molecule has 2 rings (SSSR count). The van der Waals surface area contributed by atoms with Crippen LogP contribution in [0.3, 0.4) is 0 Å². The van der Waals surface area contributed by atoms with Crippen molar-refractivity contribution >= 4 is 33.4 Å². The number of nitrogens with zero attached hydrogens (tertiary/aromatic N) is 3. The summed E-state index contributed by atoms with van der Waals surface area (Å²) in [7, 11) is 0. The van der Waals surface area contributed by atoms with E-state index in [4.69, 9.17) is 5.73 Å². The Morgan fingerprint density at radius 3 is 2.79 bits per heavy atom. The molecule has 0 atom stereocenters. The number of aromatic nitrogens is 2. The SMILES string of the molecule is Nc1cc(Br)nc(NCc2ccccc2[N+](=O)[O-])n1. The molecule has 8 heteroatoms. The van der Waals surface area contributed by atoms with Gasteiger partial charge in [0.2, 0.25) is 5.95 Å². The van der Waals surface area contributed by atoms with Gasteiger partial charge in [-0.3, -0.25) is 10.1 Å². The normalized spacial score (nSPS) is 10.2. The predicted molar refractivity (Wildman–Crippen MR) is 74.6 cm³/mol. The van der Waals surface area contributed by atoms with Crippen LogP contribution in [-0.2, 0) is 6.54 Å². The maximum absolute atomic E-state index is 10.9. The van der Waals surface area contributed by atoms with E-state index in [1.165, 1.54) is 6.07 Å². The molecule has 0 unspecified atom stereocenters. The number of nitro benzene ring substituents is 1. The summed E-state index contributed by atoms with van der Waals surface area (Å²) in [6, 6.07) is 8.05. The molecule has 1 heterocycles. The third-order valence-corrected chi connectivity index (χ3v) is 2.75. The fourth-order valence-corrected chi connectivity index (χ4v) is 1.93. The molecule has 7 nitrogen and oxygen atoms in total. The second-order valence-corrected chi connectivity index (χ2v) is 4.49. The van der Waals surface area contributed by atoms with Gasteiger partial charge in [0.25, 0.3) is 5.69 Å². The number of nitrogen functional groups attached to an aromatic ring is 1. The van der Waals surface area contributed by atoms with Crippen molar-refractivity contribution < 1.29 is 4.92 Å². The van der Waals surface area contributed by atoms with E-state index in [-0.39, 0.29) is 12.2 Å². The molecular formula is C11H10BrN5O2. The number of hydrogen-bond acceptors (Lipinski definition) is 6.